The summed E-state index contributed by atoms with van der Waals surface area (Å²) >= 11 is 1.75. The quantitative estimate of drug-likeness (QED) is 0.255. The Morgan fingerprint density at radius 2 is 1.17 bits per heavy atom. The molecule has 0 atom stereocenters. The van der Waals surface area contributed by atoms with E-state index < -0.39 is 18.3 Å². The number of para-hydroxylation sites is 2. The van der Waals surface area contributed by atoms with Crippen LogP contribution in [0.15, 0.2) is 107 Å². The maximum Gasteiger partial charge on any atom is 0.498 e. The number of benzene rings is 4. The monoisotopic (exact) mass is 477 g/mol. The second-order valence-corrected chi connectivity index (χ2v) is 11.2. The first-order chi connectivity index (χ1) is 16.9. The highest BCUT2D eigenvalue weighted by atomic mass is 32.2. The van der Waals surface area contributed by atoms with Gasteiger partial charge in [-0.05, 0) is 64.1 Å². The second kappa shape index (κ2) is 8.30. The smallest absolute Gasteiger partial charge is 0.399 e. The summed E-state index contributed by atoms with van der Waals surface area (Å²) in [4.78, 5) is 2.32. The van der Waals surface area contributed by atoms with Gasteiger partial charge in [0.25, 0.3) is 0 Å². The third kappa shape index (κ3) is 3.70. The Balaban J connectivity index is 1.63. The third-order valence-corrected chi connectivity index (χ3v) is 8.41. The lowest BCUT2D eigenvalue weighted by Crippen LogP contribution is -2.41. The zero-order chi connectivity index (χ0) is 24.2. The summed E-state index contributed by atoms with van der Waals surface area (Å²) in [7, 11) is -0.484. The Morgan fingerprint density at radius 3 is 1.77 bits per heavy atom. The van der Waals surface area contributed by atoms with E-state index in [4.69, 9.17) is 9.31 Å². The molecule has 1 aromatic heterocycles. The van der Waals surface area contributed by atoms with Crippen molar-refractivity contribution in [3.8, 4) is 5.69 Å². The predicted octanol–water partition coefficient (Wildman–Crippen LogP) is 7.23. The minimum absolute atomic E-state index is 0.430. The topological polar surface area (TPSA) is 23.4 Å². The molecule has 0 aliphatic carbocycles. The molecule has 0 spiro atoms. The Morgan fingerprint density at radius 1 is 0.629 bits per heavy atom. The summed E-state index contributed by atoms with van der Waals surface area (Å²) in [6.45, 7) is 8.44. The predicted molar refractivity (Wildman–Crippen MR) is 147 cm³/mol. The van der Waals surface area contributed by atoms with E-state index in [1.165, 1.54) is 26.7 Å². The Bertz CT molecular complexity index is 1470. The van der Waals surface area contributed by atoms with Gasteiger partial charge in [0, 0.05) is 31.7 Å². The molecular formula is C30H28BNO2S. The van der Waals surface area contributed by atoms with Gasteiger partial charge in [-0.25, -0.2) is 0 Å². The standard InChI is InChI=1S/C30H28BNO2S/c1-29(2)30(3,4)34-31(33-29)28-26(19-12-20-27(28)35-21-13-6-5-7-14-21)32-24-17-10-8-15-22(24)23-16-9-11-18-25(23)32/h5-20H,1-4H3. The zero-order valence-corrected chi connectivity index (χ0v) is 21.3. The van der Waals surface area contributed by atoms with Gasteiger partial charge in [0.1, 0.15) is 0 Å². The first-order valence-electron chi connectivity index (χ1n) is 12.1. The number of nitrogens with zero attached hydrogens (tertiary/aromatic N) is 1. The van der Waals surface area contributed by atoms with Gasteiger partial charge >= 0.3 is 7.12 Å². The molecule has 0 unspecified atom stereocenters. The first kappa shape index (κ1) is 22.5. The molecule has 5 aromatic rings. The molecule has 1 aliphatic rings. The molecule has 35 heavy (non-hydrogen) atoms. The maximum atomic E-state index is 6.64. The lowest BCUT2D eigenvalue weighted by molar-refractivity contribution is 0.00578. The maximum absolute atomic E-state index is 6.64. The van der Waals surface area contributed by atoms with Gasteiger partial charge in [-0.1, -0.05) is 72.4 Å². The van der Waals surface area contributed by atoms with Gasteiger partial charge in [-0.3, -0.25) is 0 Å². The van der Waals surface area contributed by atoms with E-state index >= 15 is 0 Å². The van der Waals surface area contributed by atoms with Crippen molar-refractivity contribution in [2.24, 2.45) is 0 Å². The molecule has 1 fully saturated rings. The fraction of sp³-hybridized carbons (Fsp3) is 0.200. The average molecular weight is 477 g/mol. The van der Waals surface area contributed by atoms with Crippen molar-refractivity contribution < 1.29 is 9.31 Å². The highest BCUT2D eigenvalue weighted by Crippen LogP contribution is 2.40. The molecule has 3 nitrogen and oxygen atoms in total. The van der Waals surface area contributed by atoms with Crippen molar-refractivity contribution >= 4 is 46.1 Å². The van der Waals surface area contributed by atoms with Crippen LogP contribution in [0.4, 0.5) is 0 Å². The summed E-state index contributed by atoms with van der Waals surface area (Å²) in [6.07, 6.45) is 0. The molecule has 0 amide bonds. The van der Waals surface area contributed by atoms with Crippen LogP contribution in [0.1, 0.15) is 27.7 Å². The number of aromatic nitrogens is 1. The number of hydrogen-bond acceptors (Lipinski definition) is 3. The summed E-state index contributed by atoms with van der Waals surface area (Å²) in [5, 5.41) is 2.48. The van der Waals surface area contributed by atoms with Gasteiger partial charge in [0.15, 0.2) is 0 Å². The van der Waals surface area contributed by atoms with E-state index in [1.54, 1.807) is 11.8 Å². The molecule has 0 saturated carbocycles. The molecule has 1 saturated heterocycles. The molecular weight excluding hydrogens is 449 g/mol. The van der Waals surface area contributed by atoms with Crippen molar-refractivity contribution in [2.75, 3.05) is 0 Å². The highest BCUT2D eigenvalue weighted by molar-refractivity contribution is 7.99. The minimum Gasteiger partial charge on any atom is -0.399 e. The van der Waals surface area contributed by atoms with Gasteiger partial charge in [-0.2, -0.15) is 0 Å². The van der Waals surface area contributed by atoms with E-state index in [0.717, 1.165) is 16.0 Å². The van der Waals surface area contributed by atoms with E-state index in [-0.39, 0.29) is 0 Å². The van der Waals surface area contributed by atoms with Gasteiger partial charge in [-0.15, -0.1) is 0 Å². The van der Waals surface area contributed by atoms with Crippen LogP contribution in [-0.2, 0) is 9.31 Å². The molecule has 174 valence electrons. The van der Waals surface area contributed by atoms with Crippen LogP contribution in [0.25, 0.3) is 27.5 Å². The van der Waals surface area contributed by atoms with E-state index in [1.807, 2.05) is 6.07 Å². The van der Waals surface area contributed by atoms with Crippen LogP contribution in [0, 0.1) is 0 Å². The third-order valence-electron chi connectivity index (χ3n) is 7.32. The molecule has 4 aromatic carbocycles. The fourth-order valence-corrected chi connectivity index (χ4v) is 5.82. The van der Waals surface area contributed by atoms with Crippen LogP contribution >= 0.6 is 11.8 Å². The lowest BCUT2D eigenvalue weighted by Gasteiger charge is -2.32. The molecule has 0 bridgehead atoms. The number of hydrogen-bond donors (Lipinski definition) is 0. The Hall–Kier alpha value is -2.99. The normalized spacial score (nSPS) is 16.9. The molecule has 5 heteroatoms. The lowest BCUT2D eigenvalue weighted by atomic mass is 9.77. The highest BCUT2D eigenvalue weighted by Gasteiger charge is 2.53. The zero-order valence-electron chi connectivity index (χ0n) is 20.5. The largest absolute Gasteiger partial charge is 0.498 e. The number of rotatable bonds is 4. The van der Waals surface area contributed by atoms with Crippen molar-refractivity contribution in [3.63, 3.8) is 0 Å². The second-order valence-electron chi connectivity index (χ2n) is 10.1. The van der Waals surface area contributed by atoms with Crippen LogP contribution in [0.3, 0.4) is 0 Å². The number of fused-ring (bicyclic) bond motifs is 3. The van der Waals surface area contributed by atoms with E-state index in [9.17, 15) is 0 Å². The van der Waals surface area contributed by atoms with E-state index in [2.05, 4.69) is 123 Å². The summed E-state index contributed by atoms with van der Waals surface area (Å²) in [6, 6.07) is 34.2. The average Bonchev–Trinajstić information content (AvgIpc) is 3.29. The van der Waals surface area contributed by atoms with Crippen LogP contribution < -0.4 is 5.46 Å². The first-order valence-corrected chi connectivity index (χ1v) is 12.9. The summed E-state index contributed by atoms with van der Waals surface area (Å²) < 4.78 is 15.6. The van der Waals surface area contributed by atoms with Crippen molar-refractivity contribution in [1.29, 1.82) is 0 Å². The van der Waals surface area contributed by atoms with Gasteiger partial charge < -0.3 is 13.9 Å². The van der Waals surface area contributed by atoms with Gasteiger partial charge in [0.2, 0.25) is 0 Å². The van der Waals surface area contributed by atoms with Crippen LogP contribution in [-0.4, -0.2) is 22.9 Å². The SMILES string of the molecule is CC1(C)OB(c2c(Sc3ccccc3)cccc2-n2c3ccccc3c3ccccc32)OC1(C)C. The van der Waals surface area contributed by atoms with Crippen LogP contribution in [0.2, 0.25) is 0 Å². The van der Waals surface area contributed by atoms with E-state index in [0.29, 0.717) is 0 Å². The van der Waals surface area contributed by atoms with Crippen molar-refractivity contribution in [1.82, 2.24) is 4.57 Å². The molecule has 2 heterocycles. The van der Waals surface area contributed by atoms with Crippen molar-refractivity contribution in [3.05, 3.63) is 97.1 Å². The molecule has 0 N–H and O–H groups in total. The minimum atomic E-state index is -0.484. The van der Waals surface area contributed by atoms with Gasteiger partial charge in [0.05, 0.1) is 22.2 Å². The summed E-state index contributed by atoms with van der Waals surface area (Å²) in [5.74, 6) is 0. The molecule has 0 radical (unpaired) electrons. The fourth-order valence-electron chi connectivity index (χ4n) is 4.81. The Labute approximate surface area is 211 Å². The summed E-state index contributed by atoms with van der Waals surface area (Å²) in [5.41, 5.74) is 3.63. The molecule has 1 aliphatic heterocycles. The van der Waals surface area contributed by atoms with Crippen molar-refractivity contribution in [2.45, 2.75) is 48.7 Å². The van der Waals surface area contributed by atoms with Crippen LogP contribution in [0.5, 0.6) is 0 Å². The Kier molecular flexibility index (Phi) is 5.33. The molecule has 6 rings (SSSR count).